The van der Waals surface area contributed by atoms with E-state index in [2.05, 4.69) is 11.9 Å². The molecule has 2 aromatic carbocycles. The first-order chi connectivity index (χ1) is 16.7. The molecule has 0 N–H and O–H groups in total. The van der Waals surface area contributed by atoms with Crippen molar-refractivity contribution in [2.24, 2.45) is 10.9 Å². The number of hydrogen-bond acceptors (Lipinski definition) is 6. The number of rotatable bonds is 6. The van der Waals surface area contributed by atoms with Gasteiger partial charge in [0.25, 0.3) is 5.91 Å². The highest BCUT2D eigenvalue weighted by molar-refractivity contribution is 7.89. The average molecular weight is 520 g/mol. The van der Waals surface area contributed by atoms with Crippen LogP contribution in [0.2, 0.25) is 0 Å². The molecule has 1 saturated heterocycles. The number of halogens is 1. The van der Waals surface area contributed by atoms with E-state index in [1.807, 2.05) is 0 Å². The lowest BCUT2D eigenvalue weighted by Crippen LogP contribution is -2.37. The number of piperidine rings is 1. The second-order valence-electron chi connectivity index (χ2n) is 8.42. The highest BCUT2D eigenvalue weighted by atomic mass is 32.2. The van der Waals surface area contributed by atoms with Gasteiger partial charge in [0.1, 0.15) is 12.4 Å². The molecular weight excluding hydrogens is 493 g/mol. The summed E-state index contributed by atoms with van der Waals surface area (Å²) in [6.45, 7) is 4.77. The zero-order valence-corrected chi connectivity index (χ0v) is 21.1. The lowest BCUT2D eigenvalue weighted by molar-refractivity contribution is -0.143. The van der Waals surface area contributed by atoms with Gasteiger partial charge in [0.05, 0.1) is 21.7 Å². The lowest BCUT2D eigenvalue weighted by Gasteiger charge is -2.29. The van der Waals surface area contributed by atoms with Crippen LogP contribution in [0.1, 0.15) is 37.0 Å². The Morgan fingerprint density at radius 2 is 1.83 bits per heavy atom. The number of nitrogens with zero attached hydrogens (tertiary/aromatic N) is 3. The minimum atomic E-state index is -3.63. The molecule has 11 heteroatoms. The Bertz CT molecular complexity index is 1420. The third kappa shape index (κ3) is 5.52. The summed E-state index contributed by atoms with van der Waals surface area (Å²) in [4.78, 5) is 29.5. The summed E-state index contributed by atoms with van der Waals surface area (Å²) in [6.07, 6.45) is 1.64. The van der Waals surface area contributed by atoms with Gasteiger partial charge in [-0.3, -0.25) is 9.59 Å². The van der Waals surface area contributed by atoms with Gasteiger partial charge in [-0.25, -0.2) is 12.8 Å². The minimum absolute atomic E-state index is 0.123. The Labute approximate surface area is 206 Å². The number of sulfonamides is 1. The van der Waals surface area contributed by atoms with Crippen LogP contribution in [0, 0.1) is 11.7 Å². The molecule has 186 valence electrons. The second kappa shape index (κ2) is 10.4. The number of carbonyl (C=O) groups excluding carboxylic acids is 2. The van der Waals surface area contributed by atoms with Crippen LogP contribution in [-0.2, 0) is 26.1 Å². The van der Waals surface area contributed by atoms with Crippen molar-refractivity contribution in [3.8, 4) is 0 Å². The number of esters is 1. The number of fused-ring (bicyclic) bond motifs is 1. The molecule has 0 atom stereocenters. The number of hydrogen-bond donors (Lipinski definition) is 0. The molecule has 35 heavy (non-hydrogen) atoms. The molecule has 0 saturated carbocycles. The Balaban J connectivity index is 1.63. The van der Waals surface area contributed by atoms with E-state index in [1.165, 1.54) is 51.3 Å². The van der Waals surface area contributed by atoms with Gasteiger partial charge in [0.15, 0.2) is 4.80 Å². The third-order valence-electron chi connectivity index (χ3n) is 5.92. The van der Waals surface area contributed by atoms with E-state index in [0.717, 1.165) is 24.2 Å². The zero-order chi connectivity index (χ0) is 25.2. The molecule has 4 rings (SSSR count). The molecule has 8 nitrogen and oxygen atoms in total. The minimum Gasteiger partial charge on any atom is -0.465 e. The molecule has 1 aliphatic rings. The van der Waals surface area contributed by atoms with Crippen molar-refractivity contribution in [2.45, 2.75) is 38.1 Å². The van der Waals surface area contributed by atoms with Crippen LogP contribution in [0.3, 0.4) is 0 Å². The van der Waals surface area contributed by atoms with Crippen molar-refractivity contribution in [3.05, 3.63) is 58.6 Å². The molecule has 0 aliphatic carbocycles. The summed E-state index contributed by atoms with van der Waals surface area (Å²) in [6, 6.07) is 9.76. The van der Waals surface area contributed by atoms with E-state index in [1.54, 1.807) is 6.92 Å². The van der Waals surface area contributed by atoms with Gasteiger partial charge in [-0.2, -0.15) is 9.30 Å². The maximum Gasteiger partial charge on any atom is 0.326 e. The van der Waals surface area contributed by atoms with Crippen molar-refractivity contribution in [1.82, 2.24) is 8.87 Å². The molecule has 1 fully saturated rings. The van der Waals surface area contributed by atoms with Gasteiger partial charge in [0, 0.05) is 18.7 Å². The number of aromatic nitrogens is 1. The van der Waals surface area contributed by atoms with E-state index in [-0.39, 0.29) is 28.4 Å². The topological polar surface area (TPSA) is 98.0 Å². The maximum atomic E-state index is 13.7. The van der Waals surface area contributed by atoms with Crippen LogP contribution >= 0.6 is 11.3 Å². The fourth-order valence-corrected chi connectivity index (χ4v) is 6.44. The SMILES string of the molecule is CCOC(=O)Cn1c(=NC(=O)c2ccc(S(=O)(=O)N3CCC(C)CC3)cc2)sc2cc(F)ccc21. The highest BCUT2D eigenvalue weighted by Gasteiger charge is 2.28. The molecule has 0 unspecified atom stereocenters. The van der Waals surface area contributed by atoms with Gasteiger partial charge in [0.2, 0.25) is 10.0 Å². The normalized spacial score (nSPS) is 16.0. The van der Waals surface area contributed by atoms with Crippen LogP contribution in [0.4, 0.5) is 4.39 Å². The van der Waals surface area contributed by atoms with Crippen LogP contribution in [-0.4, -0.2) is 48.9 Å². The van der Waals surface area contributed by atoms with Crippen molar-refractivity contribution >= 4 is 43.5 Å². The monoisotopic (exact) mass is 519 g/mol. The third-order valence-corrected chi connectivity index (χ3v) is 8.87. The smallest absolute Gasteiger partial charge is 0.326 e. The van der Waals surface area contributed by atoms with Crippen LogP contribution in [0.25, 0.3) is 10.2 Å². The zero-order valence-electron chi connectivity index (χ0n) is 19.4. The van der Waals surface area contributed by atoms with E-state index >= 15 is 0 Å². The number of ether oxygens (including phenoxy) is 1. The number of thiazole rings is 1. The molecule has 1 aliphatic heterocycles. The van der Waals surface area contributed by atoms with E-state index in [0.29, 0.717) is 29.2 Å². The van der Waals surface area contributed by atoms with Crippen molar-refractivity contribution in [3.63, 3.8) is 0 Å². The fraction of sp³-hybridized carbons (Fsp3) is 0.375. The van der Waals surface area contributed by atoms with Crippen LogP contribution in [0.15, 0.2) is 52.4 Å². The molecule has 0 radical (unpaired) electrons. The molecule has 1 amide bonds. The van der Waals surface area contributed by atoms with Gasteiger partial charge >= 0.3 is 5.97 Å². The molecule has 2 heterocycles. The predicted molar refractivity (Wildman–Crippen MR) is 130 cm³/mol. The summed E-state index contributed by atoms with van der Waals surface area (Å²) in [7, 11) is -3.63. The molecule has 3 aromatic rings. The van der Waals surface area contributed by atoms with Gasteiger partial charge in [-0.05, 0) is 68.1 Å². The van der Waals surface area contributed by atoms with Crippen LogP contribution < -0.4 is 4.80 Å². The molecule has 1 aromatic heterocycles. The van der Waals surface area contributed by atoms with E-state index in [4.69, 9.17) is 4.74 Å². The lowest BCUT2D eigenvalue weighted by atomic mass is 10.0. The number of amides is 1. The first-order valence-electron chi connectivity index (χ1n) is 11.3. The van der Waals surface area contributed by atoms with Crippen molar-refractivity contribution < 1.29 is 27.1 Å². The standard InChI is InChI=1S/C24H26FN3O5S2/c1-3-33-22(29)15-28-20-9-6-18(25)14-21(20)34-24(28)26-23(30)17-4-7-19(8-5-17)35(31,32)27-12-10-16(2)11-13-27/h4-9,14,16H,3,10-13,15H2,1-2H3. The Kier molecular flexibility index (Phi) is 7.48. The summed E-state index contributed by atoms with van der Waals surface area (Å²) < 4.78 is 48.1. The summed E-state index contributed by atoms with van der Waals surface area (Å²) in [5.41, 5.74) is 0.746. The molecule has 0 bridgehead atoms. The Hall–Kier alpha value is -2.89. The van der Waals surface area contributed by atoms with Gasteiger partial charge < -0.3 is 9.30 Å². The second-order valence-corrected chi connectivity index (χ2v) is 11.4. The Morgan fingerprint density at radius 3 is 2.49 bits per heavy atom. The van der Waals surface area contributed by atoms with Crippen molar-refractivity contribution in [1.29, 1.82) is 0 Å². The quantitative estimate of drug-likeness (QED) is 0.464. The number of carbonyl (C=O) groups is 2. The van der Waals surface area contributed by atoms with Gasteiger partial charge in [-0.15, -0.1) is 0 Å². The number of benzene rings is 2. The summed E-state index contributed by atoms with van der Waals surface area (Å²) in [5, 5.41) is 0. The van der Waals surface area contributed by atoms with Crippen molar-refractivity contribution in [2.75, 3.05) is 19.7 Å². The van der Waals surface area contributed by atoms with Crippen LogP contribution in [0.5, 0.6) is 0 Å². The summed E-state index contributed by atoms with van der Waals surface area (Å²) >= 11 is 1.07. The average Bonchev–Trinajstić information content (AvgIpc) is 3.15. The fourth-order valence-electron chi connectivity index (χ4n) is 3.92. The first kappa shape index (κ1) is 25.2. The molecular formula is C24H26FN3O5S2. The van der Waals surface area contributed by atoms with E-state index in [9.17, 15) is 22.4 Å². The summed E-state index contributed by atoms with van der Waals surface area (Å²) in [5.74, 6) is -1.06. The predicted octanol–water partition coefficient (Wildman–Crippen LogP) is 3.57. The maximum absolute atomic E-state index is 13.7. The largest absolute Gasteiger partial charge is 0.465 e. The first-order valence-corrected chi connectivity index (χ1v) is 13.6. The highest BCUT2D eigenvalue weighted by Crippen LogP contribution is 2.24. The Morgan fingerprint density at radius 1 is 1.14 bits per heavy atom. The van der Waals surface area contributed by atoms with Gasteiger partial charge in [-0.1, -0.05) is 18.3 Å². The molecule has 0 spiro atoms. The van der Waals surface area contributed by atoms with E-state index < -0.39 is 27.7 Å².